The highest BCUT2D eigenvalue weighted by atomic mass is 16.6. The zero-order valence-electron chi connectivity index (χ0n) is 15.5. The molecular weight excluding hydrogens is 326 g/mol. The number of pyridine rings is 1. The molecule has 8 heteroatoms. The van der Waals surface area contributed by atoms with Gasteiger partial charge in [-0.05, 0) is 47.6 Å². The summed E-state index contributed by atoms with van der Waals surface area (Å²) < 4.78 is 10.3. The highest BCUT2D eigenvalue weighted by molar-refractivity contribution is 5.85. The van der Waals surface area contributed by atoms with Crippen molar-refractivity contribution < 1.29 is 24.2 Å². The largest absolute Gasteiger partial charge is 0.459 e. The van der Waals surface area contributed by atoms with Gasteiger partial charge in [0.1, 0.15) is 29.2 Å². The first-order valence-corrected chi connectivity index (χ1v) is 7.91. The van der Waals surface area contributed by atoms with Gasteiger partial charge < -0.3 is 20.3 Å². The zero-order valence-corrected chi connectivity index (χ0v) is 15.5. The predicted octanol–water partition coefficient (Wildman–Crippen LogP) is 2.13. The van der Waals surface area contributed by atoms with Gasteiger partial charge in [0, 0.05) is 11.8 Å². The van der Waals surface area contributed by atoms with Crippen molar-refractivity contribution in [3.05, 3.63) is 23.9 Å². The van der Waals surface area contributed by atoms with E-state index in [9.17, 15) is 14.7 Å². The minimum atomic E-state index is -1.41. The Morgan fingerprint density at radius 2 is 1.72 bits per heavy atom. The molecule has 25 heavy (non-hydrogen) atoms. The SMILES string of the molecule is CC(C)(C)OC(=O)Nc1ncccc1C(O)C(N)C(=O)OC(C)(C)C. The second-order valence-corrected chi connectivity index (χ2v) is 7.57. The van der Waals surface area contributed by atoms with Gasteiger partial charge in [-0.15, -0.1) is 0 Å². The second kappa shape index (κ2) is 7.79. The van der Waals surface area contributed by atoms with Crippen LogP contribution in [0.3, 0.4) is 0 Å². The number of nitrogens with two attached hydrogens (primary N) is 1. The van der Waals surface area contributed by atoms with Crippen molar-refractivity contribution >= 4 is 17.9 Å². The fraction of sp³-hybridized carbons (Fsp3) is 0.588. The van der Waals surface area contributed by atoms with Crippen LogP contribution in [0.25, 0.3) is 0 Å². The van der Waals surface area contributed by atoms with Gasteiger partial charge in [-0.1, -0.05) is 6.07 Å². The van der Waals surface area contributed by atoms with Crippen LogP contribution < -0.4 is 11.1 Å². The van der Waals surface area contributed by atoms with Crippen molar-refractivity contribution in [2.75, 3.05) is 5.32 Å². The number of rotatable bonds is 4. The van der Waals surface area contributed by atoms with Crippen LogP contribution in [0.4, 0.5) is 10.6 Å². The molecule has 0 aliphatic rings. The number of aliphatic hydroxyl groups is 1. The van der Waals surface area contributed by atoms with E-state index in [1.807, 2.05) is 0 Å². The fourth-order valence-corrected chi connectivity index (χ4v) is 1.85. The molecule has 2 atom stereocenters. The Balaban J connectivity index is 2.94. The number of carbonyl (C=O) groups is 2. The molecule has 0 aliphatic carbocycles. The molecular formula is C17H27N3O5. The van der Waals surface area contributed by atoms with Crippen LogP contribution in [-0.4, -0.2) is 39.4 Å². The summed E-state index contributed by atoms with van der Waals surface area (Å²) in [4.78, 5) is 28.0. The van der Waals surface area contributed by atoms with Gasteiger partial charge in [-0.3, -0.25) is 10.1 Å². The summed E-state index contributed by atoms with van der Waals surface area (Å²) in [5.41, 5.74) is 4.57. The van der Waals surface area contributed by atoms with Gasteiger partial charge >= 0.3 is 12.1 Å². The average molecular weight is 353 g/mol. The number of aliphatic hydroxyl groups excluding tert-OH is 1. The molecule has 0 saturated heterocycles. The Morgan fingerprint density at radius 1 is 1.16 bits per heavy atom. The number of ether oxygens (including phenoxy) is 2. The third-order valence-corrected chi connectivity index (χ3v) is 2.80. The van der Waals surface area contributed by atoms with Gasteiger partial charge in [0.2, 0.25) is 0 Å². The van der Waals surface area contributed by atoms with Crippen LogP contribution in [0, 0.1) is 0 Å². The molecule has 0 radical (unpaired) electrons. The lowest BCUT2D eigenvalue weighted by molar-refractivity contribution is -0.159. The molecule has 0 aliphatic heterocycles. The quantitative estimate of drug-likeness (QED) is 0.708. The van der Waals surface area contributed by atoms with E-state index >= 15 is 0 Å². The Kier molecular flexibility index (Phi) is 6.50. The van der Waals surface area contributed by atoms with Crippen molar-refractivity contribution in [3.8, 4) is 0 Å². The summed E-state index contributed by atoms with van der Waals surface area (Å²) in [5.74, 6) is -0.699. The number of amides is 1. The number of anilines is 1. The average Bonchev–Trinajstić information content (AvgIpc) is 2.42. The van der Waals surface area contributed by atoms with Crippen LogP contribution in [-0.2, 0) is 14.3 Å². The molecule has 0 fully saturated rings. The Bertz CT molecular complexity index is 619. The summed E-state index contributed by atoms with van der Waals surface area (Å²) in [6.45, 7) is 10.3. The molecule has 1 aromatic heterocycles. The Morgan fingerprint density at radius 3 is 2.24 bits per heavy atom. The first-order chi connectivity index (χ1) is 11.3. The van der Waals surface area contributed by atoms with E-state index in [2.05, 4.69) is 10.3 Å². The molecule has 0 aromatic carbocycles. The first kappa shape index (κ1) is 20.9. The molecule has 1 rings (SSSR count). The van der Waals surface area contributed by atoms with Gasteiger partial charge in [0.05, 0.1) is 0 Å². The number of esters is 1. The second-order valence-electron chi connectivity index (χ2n) is 7.57. The normalized spacial score (nSPS) is 14.4. The number of nitrogens with zero attached hydrogens (tertiary/aromatic N) is 1. The number of hydrogen-bond acceptors (Lipinski definition) is 7. The van der Waals surface area contributed by atoms with Gasteiger partial charge in [0.25, 0.3) is 0 Å². The van der Waals surface area contributed by atoms with Gasteiger partial charge in [-0.25, -0.2) is 9.78 Å². The molecule has 0 saturated carbocycles. The van der Waals surface area contributed by atoms with E-state index < -0.39 is 35.4 Å². The molecule has 1 aromatic rings. The maximum Gasteiger partial charge on any atom is 0.413 e. The summed E-state index contributed by atoms with van der Waals surface area (Å²) in [6.07, 6.45) is -0.707. The predicted molar refractivity (Wildman–Crippen MR) is 92.9 cm³/mol. The van der Waals surface area contributed by atoms with E-state index in [1.165, 1.54) is 12.3 Å². The van der Waals surface area contributed by atoms with E-state index in [0.717, 1.165) is 0 Å². The fourth-order valence-electron chi connectivity index (χ4n) is 1.85. The maximum absolute atomic E-state index is 12.1. The van der Waals surface area contributed by atoms with Crippen molar-refractivity contribution in [1.29, 1.82) is 0 Å². The Hall–Kier alpha value is -2.19. The van der Waals surface area contributed by atoms with Crippen molar-refractivity contribution in [1.82, 2.24) is 4.98 Å². The maximum atomic E-state index is 12.1. The number of nitrogens with one attached hydrogen (secondary N) is 1. The van der Waals surface area contributed by atoms with Crippen LogP contribution in [0.1, 0.15) is 53.2 Å². The van der Waals surface area contributed by atoms with Crippen LogP contribution in [0.15, 0.2) is 18.3 Å². The third-order valence-electron chi connectivity index (χ3n) is 2.80. The third kappa shape index (κ3) is 7.06. The van der Waals surface area contributed by atoms with E-state index in [-0.39, 0.29) is 11.4 Å². The highest BCUT2D eigenvalue weighted by Crippen LogP contribution is 2.24. The van der Waals surface area contributed by atoms with Gasteiger partial charge in [0.15, 0.2) is 0 Å². The zero-order chi connectivity index (χ0) is 19.4. The number of aromatic nitrogens is 1. The molecule has 1 amide bonds. The monoisotopic (exact) mass is 353 g/mol. The van der Waals surface area contributed by atoms with Gasteiger partial charge in [-0.2, -0.15) is 0 Å². The summed E-state index contributed by atoms with van der Waals surface area (Å²) in [5, 5.41) is 12.9. The Labute approximate surface area is 147 Å². The molecule has 8 nitrogen and oxygen atoms in total. The van der Waals surface area contributed by atoms with Crippen LogP contribution >= 0.6 is 0 Å². The number of carbonyl (C=O) groups excluding carboxylic acids is 2. The molecule has 0 bridgehead atoms. The van der Waals surface area contributed by atoms with Crippen LogP contribution in [0.2, 0.25) is 0 Å². The van der Waals surface area contributed by atoms with E-state index in [4.69, 9.17) is 15.2 Å². The highest BCUT2D eigenvalue weighted by Gasteiger charge is 2.31. The lowest BCUT2D eigenvalue weighted by Gasteiger charge is -2.25. The standard InChI is InChI=1S/C17H27N3O5/c1-16(2,3)24-14(22)11(18)12(21)10-8-7-9-19-13(10)20-15(23)25-17(4,5)6/h7-9,11-12,21H,18H2,1-6H3,(H,19,20,23). The molecule has 140 valence electrons. The van der Waals surface area contributed by atoms with E-state index in [1.54, 1.807) is 47.6 Å². The first-order valence-electron chi connectivity index (χ1n) is 7.91. The lowest BCUT2D eigenvalue weighted by Crippen LogP contribution is -2.41. The minimum Gasteiger partial charge on any atom is -0.459 e. The summed E-state index contributed by atoms with van der Waals surface area (Å²) in [6, 6.07) is 1.73. The lowest BCUT2D eigenvalue weighted by atomic mass is 10.0. The van der Waals surface area contributed by atoms with E-state index in [0.29, 0.717) is 0 Å². The summed E-state index contributed by atoms with van der Waals surface area (Å²) in [7, 11) is 0. The van der Waals surface area contributed by atoms with Crippen LogP contribution in [0.5, 0.6) is 0 Å². The van der Waals surface area contributed by atoms with Crippen molar-refractivity contribution in [2.24, 2.45) is 5.73 Å². The molecule has 0 spiro atoms. The smallest absolute Gasteiger partial charge is 0.413 e. The van der Waals surface area contributed by atoms with Crippen molar-refractivity contribution in [3.63, 3.8) is 0 Å². The minimum absolute atomic E-state index is 0.0586. The van der Waals surface area contributed by atoms with Crippen molar-refractivity contribution in [2.45, 2.75) is 64.9 Å². The molecule has 4 N–H and O–H groups in total. The summed E-state index contributed by atoms with van der Waals surface area (Å²) >= 11 is 0. The molecule has 1 heterocycles. The number of hydrogen-bond donors (Lipinski definition) is 3. The topological polar surface area (TPSA) is 124 Å². The molecule has 2 unspecified atom stereocenters.